The van der Waals surface area contributed by atoms with E-state index in [1.807, 2.05) is 30.3 Å². The minimum atomic E-state index is -2.66. The maximum absolute atomic E-state index is 13.8. The molecule has 120 valence electrons. The molecule has 0 N–H and O–H groups in total. The molecule has 0 unspecified atom stereocenters. The average molecular weight is 309 g/mol. The Labute approximate surface area is 129 Å². The van der Waals surface area contributed by atoms with Crippen LogP contribution in [-0.4, -0.2) is 37.0 Å². The van der Waals surface area contributed by atoms with E-state index in [1.54, 1.807) is 0 Å². The van der Waals surface area contributed by atoms with Gasteiger partial charge in [-0.05, 0) is 17.9 Å². The van der Waals surface area contributed by atoms with E-state index in [0.717, 1.165) is 5.56 Å². The average Bonchev–Trinajstić information content (AvgIpc) is 2.84. The van der Waals surface area contributed by atoms with Crippen molar-refractivity contribution in [1.82, 2.24) is 4.90 Å². The van der Waals surface area contributed by atoms with Crippen LogP contribution < -0.4 is 0 Å². The van der Waals surface area contributed by atoms with Gasteiger partial charge in [0.05, 0.1) is 12.5 Å². The highest BCUT2D eigenvalue weighted by molar-refractivity contribution is 5.78. The molecule has 0 radical (unpaired) electrons. The second-order valence-corrected chi connectivity index (χ2v) is 6.56. The molecule has 2 atom stereocenters. The van der Waals surface area contributed by atoms with Gasteiger partial charge >= 0.3 is 5.97 Å². The van der Waals surface area contributed by atoms with Crippen LogP contribution in [0, 0.1) is 11.3 Å². The number of fused-ring (bicyclic) bond motifs is 1. The topological polar surface area (TPSA) is 29.5 Å². The van der Waals surface area contributed by atoms with Crippen molar-refractivity contribution in [2.45, 2.75) is 31.7 Å². The van der Waals surface area contributed by atoms with Crippen LogP contribution in [0.1, 0.15) is 24.8 Å². The van der Waals surface area contributed by atoms with Gasteiger partial charge in [0.1, 0.15) is 0 Å². The molecule has 1 aliphatic heterocycles. The van der Waals surface area contributed by atoms with E-state index in [4.69, 9.17) is 4.74 Å². The van der Waals surface area contributed by atoms with E-state index >= 15 is 0 Å². The van der Waals surface area contributed by atoms with Gasteiger partial charge < -0.3 is 4.74 Å². The number of hydrogen-bond donors (Lipinski definition) is 0. The minimum Gasteiger partial charge on any atom is -0.469 e. The van der Waals surface area contributed by atoms with Gasteiger partial charge in [0.2, 0.25) is 5.92 Å². The summed E-state index contributed by atoms with van der Waals surface area (Å²) in [5.41, 5.74) is 0.374. The molecule has 1 aliphatic carbocycles. The van der Waals surface area contributed by atoms with Crippen molar-refractivity contribution in [3.8, 4) is 0 Å². The van der Waals surface area contributed by atoms with Crippen molar-refractivity contribution in [3.05, 3.63) is 35.9 Å². The Morgan fingerprint density at radius 3 is 2.73 bits per heavy atom. The van der Waals surface area contributed by atoms with Crippen molar-refractivity contribution in [2.75, 3.05) is 20.2 Å². The highest BCUT2D eigenvalue weighted by Crippen LogP contribution is 2.52. The molecule has 1 heterocycles. The summed E-state index contributed by atoms with van der Waals surface area (Å²) in [5, 5.41) is 0. The molecule has 1 saturated heterocycles. The number of nitrogens with zero attached hydrogens (tertiary/aromatic N) is 1. The zero-order valence-corrected chi connectivity index (χ0v) is 12.7. The number of benzene rings is 1. The molecule has 1 saturated carbocycles. The van der Waals surface area contributed by atoms with E-state index < -0.39 is 11.3 Å². The lowest BCUT2D eigenvalue weighted by molar-refractivity contribution is -0.163. The van der Waals surface area contributed by atoms with E-state index in [0.29, 0.717) is 19.6 Å². The molecule has 3 nitrogen and oxygen atoms in total. The second-order valence-electron chi connectivity index (χ2n) is 6.56. The zero-order chi connectivity index (χ0) is 15.8. The minimum absolute atomic E-state index is 0.211. The highest BCUT2D eigenvalue weighted by Gasteiger charge is 2.59. The molecule has 5 heteroatoms. The molecule has 2 fully saturated rings. The van der Waals surface area contributed by atoms with Crippen molar-refractivity contribution in [3.63, 3.8) is 0 Å². The second kappa shape index (κ2) is 5.61. The number of alkyl halides is 2. The van der Waals surface area contributed by atoms with Crippen LogP contribution >= 0.6 is 0 Å². The van der Waals surface area contributed by atoms with Gasteiger partial charge in [-0.15, -0.1) is 0 Å². The number of carbonyl (C=O) groups is 1. The fourth-order valence-corrected chi connectivity index (χ4v) is 3.99. The normalized spacial score (nSPS) is 30.8. The SMILES string of the molecule is COC(=O)[C@@]12CCC(F)(F)C[C@@H]1CN(Cc1ccccc1)C2. The summed E-state index contributed by atoms with van der Waals surface area (Å²) in [6.07, 6.45) is -0.228. The van der Waals surface area contributed by atoms with E-state index in [9.17, 15) is 13.6 Å². The first-order valence-electron chi connectivity index (χ1n) is 7.68. The lowest BCUT2D eigenvalue weighted by Crippen LogP contribution is -2.46. The summed E-state index contributed by atoms with van der Waals surface area (Å²) >= 11 is 0. The van der Waals surface area contributed by atoms with Crippen LogP contribution in [0.15, 0.2) is 30.3 Å². The van der Waals surface area contributed by atoms with E-state index in [1.165, 1.54) is 7.11 Å². The summed E-state index contributed by atoms with van der Waals surface area (Å²) in [6, 6.07) is 9.90. The summed E-state index contributed by atoms with van der Waals surface area (Å²) in [4.78, 5) is 14.4. The summed E-state index contributed by atoms with van der Waals surface area (Å²) < 4.78 is 32.5. The monoisotopic (exact) mass is 309 g/mol. The third kappa shape index (κ3) is 2.74. The molecule has 1 aromatic rings. The maximum atomic E-state index is 13.8. The fraction of sp³-hybridized carbons (Fsp3) is 0.588. The van der Waals surface area contributed by atoms with Crippen LogP contribution in [0.2, 0.25) is 0 Å². The molecule has 1 aromatic carbocycles. The lowest BCUT2D eigenvalue weighted by atomic mass is 9.67. The number of hydrogen-bond acceptors (Lipinski definition) is 3. The predicted molar refractivity (Wildman–Crippen MR) is 78.5 cm³/mol. The van der Waals surface area contributed by atoms with Crippen molar-refractivity contribution in [1.29, 1.82) is 0 Å². The highest BCUT2D eigenvalue weighted by atomic mass is 19.3. The molecule has 22 heavy (non-hydrogen) atoms. The van der Waals surface area contributed by atoms with Crippen molar-refractivity contribution >= 4 is 5.97 Å². The Bertz CT molecular complexity index is 549. The summed E-state index contributed by atoms with van der Waals surface area (Å²) in [7, 11) is 1.35. The van der Waals surface area contributed by atoms with Gasteiger partial charge in [-0.3, -0.25) is 9.69 Å². The number of likely N-dealkylation sites (tertiary alicyclic amines) is 1. The van der Waals surface area contributed by atoms with Gasteiger partial charge in [-0.2, -0.15) is 0 Å². The standard InChI is InChI=1S/C17H21F2NO2/c1-22-15(21)16-7-8-17(18,19)9-14(16)11-20(12-16)10-13-5-3-2-4-6-13/h2-6,14H,7-12H2,1H3/t14-,16-/m1/s1. The number of rotatable bonds is 3. The van der Waals surface area contributed by atoms with Gasteiger partial charge in [0.15, 0.2) is 0 Å². The Kier molecular flexibility index (Phi) is 3.93. The van der Waals surface area contributed by atoms with Gasteiger partial charge in [0, 0.05) is 32.5 Å². The number of halogens is 2. The van der Waals surface area contributed by atoms with Gasteiger partial charge in [-0.25, -0.2) is 8.78 Å². The number of carbonyl (C=O) groups excluding carboxylic acids is 1. The van der Waals surface area contributed by atoms with E-state index in [2.05, 4.69) is 4.90 Å². The third-order valence-electron chi connectivity index (χ3n) is 5.09. The maximum Gasteiger partial charge on any atom is 0.313 e. The van der Waals surface area contributed by atoms with Gasteiger partial charge in [-0.1, -0.05) is 30.3 Å². The van der Waals surface area contributed by atoms with Crippen molar-refractivity contribution in [2.24, 2.45) is 11.3 Å². The first kappa shape index (κ1) is 15.4. The first-order chi connectivity index (χ1) is 10.5. The summed E-state index contributed by atoms with van der Waals surface area (Å²) in [6.45, 7) is 1.72. The molecule has 0 bridgehead atoms. The molecule has 0 amide bonds. The van der Waals surface area contributed by atoms with Gasteiger partial charge in [0.25, 0.3) is 0 Å². The third-order valence-corrected chi connectivity index (χ3v) is 5.09. The van der Waals surface area contributed by atoms with Crippen molar-refractivity contribution < 1.29 is 18.3 Å². The van der Waals surface area contributed by atoms with Crippen LogP contribution in [-0.2, 0) is 16.1 Å². The number of esters is 1. The van der Waals surface area contributed by atoms with Crippen LogP contribution in [0.4, 0.5) is 8.78 Å². The van der Waals surface area contributed by atoms with Crippen LogP contribution in [0.25, 0.3) is 0 Å². The Balaban J connectivity index is 1.80. The molecule has 0 aromatic heterocycles. The number of methoxy groups -OCH3 is 1. The Morgan fingerprint density at radius 1 is 1.32 bits per heavy atom. The Morgan fingerprint density at radius 2 is 2.05 bits per heavy atom. The van der Waals surface area contributed by atoms with Crippen LogP contribution in [0.3, 0.4) is 0 Å². The molecule has 3 rings (SSSR count). The lowest BCUT2D eigenvalue weighted by Gasteiger charge is -2.39. The smallest absolute Gasteiger partial charge is 0.313 e. The summed E-state index contributed by atoms with van der Waals surface area (Å²) in [5.74, 6) is -3.32. The van der Waals surface area contributed by atoms with Crippen LogP contribution in [0.5, 0.6) is 0 Å². The Hall–Kier alpha value is -1.49. The molecule has 2 aliphatic rings. The molecular weight excluding hydrogens is 288 g/mol. The molecular formula is C17H21F2NO2. The fourth-order valence-electron chi connectivity index (χ4n) is 3.99. The molecule has 0 spiro atoms. The zero-order valence-electron chi connectivity index (χ0n) is 12.7. The largest absolute Gasteiger partial charge is 0.469 e. The van der Waals surface area contributed by atoms with E-state index in [-0.39, 0.29) is 31.1 Å². The quantitative estimate of drug-likeness (QED) is 0.804. The first-order valence-corrected chi connectivity index (χ1v) is 7.68. The predicted octanol–water partition coefficient (Wildman–Crippen LogP) is 3.10. The number of ether oxygens (including phenoxy) is 1.